The lowest BCUT2D eigenvalue weighted by molar-refractivity contribution is 0.0630. The summed E-state index contributed by atoms with van der Waals surface area (Å²) in [5, 5.41) is 0.454. The third-order valence-electron chi connectivity index (χ3n) is 4.50. The number of aromatic nitrogens is 1. The molecule has 0 radical (unpaired) electrons. The van der Waals surface area contributed by atoms with Gasteiger partial charge in [0.25, 0.3) is 17.0 Å². The summed E-state index contributed by atoms with van der Waals surface area (Å²) < 4.78 is 11.4. The number of carbonyl (C=O) groups excluding carboxylic acids is 2. The van der Waals surface area contributed by atoms with Crippen molar-refractivity contribution in [3.63, 3.8) is 0 Å². The Morgan fingerprint density at radius 1 is 0.935 bits per heavy atom. The number of ether oxygens (including phenoxy) is 2. The van der Waals surface area contributed by atoms with E-state index < -0.39 is 6.04 Å². The van der Waals surface area contributed by atoms with Crippen molar-refractivity contribution in [3.05, 3.63) is 70.7 Å². The van der Waals surface area contributed by atoms with Gasteiger partial charge in [-0.05, 0) is 57.2 Å². The van der Waals surface area contributed by atoms with E-state index in [4.69, 9.17) is 9.47 Å². The molecular formula is C24H20N2O4S. The minimum atomic E-state index is -0.563. The molecule has 2 amide bonds. The van der Waals surface area contributed by atoms with Crippen molar-refractivity contribution in [2.75, 3.05) is 0 Å². The van der Waals surface area contributed by atoms with Crippen molar-refractivity contribution in [2.24, 2.45) is 0 Å². The quantitative estimate of drug-likeness (QED) is 0.430. The molecular weight excluding hydrogens is 412 g/mol. The first-order chi connectivity index (χ1) is 14.9. The minimum Gasteiger partial charge on any atom is -0.491 e. The lowest BCUT2D eigenvalue weighted by atomic mass is 10.1. The summed E-state index contributed by atoms with van der Waals surface area (Å²) in [6.07, 6.45) is 1.72. The highest BCUT2D eigenvalue weighted by molar-refractivity contribution is 7.13. The number of hydrogen-bond donors (Lipinski definition) is 0. The first kappa shape index (κ1) is 20.6. The average molecular weight is 433 g/mol. The Morgan fingerprint density at radius 3 is 2.16 bits per heavy atom. The second-order valence-corrected chi connectivity index (χ2v) is 8.19. The Labute approximate surface area is 184 Å². The minimum absolute atomic E-state index is 0.106. The monoisotopic (exact) mass is 432 g/mol. The molecule has 2 aromatic carbocycles. The van der Waals surface area contributed by atoms with Gasteiger partial charge in [-0.25, -0.2) is 4.98 Å². The van der Waals surface area contributed by atoms with Crippen LogP contribution < -0.4 is 9.47 Å². The fourth-order valence-corrected chi connectivity index (χ4v) is 3.77. The Bertz CT molecular complexity index is 1150. The molecule has 2 heterocycles. The van der Waals surface area contributed by atoms with Gasteiger partial charge in [-0.2, -0.15) is 0 Å². The molecule has 6 nitrogen and oxygen atoms in total. The van der Waals surface area contributed by atoms with E-state index in [0.29, 0.717) is 26.9 Å². The van der Waals surface area contributed by atoms with E-state index in [1.807, 2.05) is 38.1 Å². The molecule has 3 aromatic rings. The Hall–Kier alpha value is -3.63. The zero-order chi connectivity index (χ0) is 22.0. The molecule has 1 aliphatic rings. The first-order valence-electron chi connectivity index (χ1n) is 9.81. The first-order valence-corrected chi connectivity index (χ1v) is 10.6. The maximum atomic E-state index is 12.5. The standard InChI is InChI=1S/C24H20N2O4S/c1-15(2)29-17-9-11-18(12-10-17)30-24-25-14-19(31-24)13-8-16(3)26-22(27)20-6-4-5-7-21(20)23(26)28/h4-7,9-12,14-16H,1-3H3. The Kier molecular flexibility index (Phi) is 5.74. The number of imide groups is 1. The predicted octanol–water partition coefficient (Wildman–Crippen LogP) is 4.76. The molecule has 0 bridgehead atoms. The van der Waals surface area contributed by atoms with Crippen LogP contribution in [0.3, 0.4) is 0 Å². The summed E-state index contributed by atoms with van der Waals surface area (Å²) in [6.45, 7) is 5.67. The van der Waals surface area contributed by atoms with Gasteiger partial charge in [0.2, 0.25) is 0 Å². The molecule has 0 saturated heterocycles. The van der Waals surface area contributed by atoms with E-state index in [1.165, 1.54) is 16.2 Å². The van der Waals surface area contributed by atoms with E-state index >= 15 is 0 Å². The van der Waals surface area contributed by atoms with Crippen molar-refractivity contribution in [1.29, 1.82) is 0 Å². The fourth-order valence-electron chi connectivity index (χ4n) is 3.12. The second kappa shape index (κ2) is 8.62. The number of thiazole rings is 1. The van der Waals surface area contributed by atoms with E-state index in [0.717, 1.165) is 5.75 Å². The summed E-state index contributed by atoms with van der Waals surface area (Å²) in [6, 6.07) is 13.5. The molecule has 0 fully saturated rings. The molecule has 1 unspecified atom stereocenters. The van der Waals surface area contributed by atoms with Crippen LogP contribution in [0.1, 0.15) is 46.4 Å². The summed E-state index contributed by atoms with van der Waals surface area (Å²) in [4.78, 5) is 31.2. The van der Waals surface area contributed by atoms with Gasteiger partial charge in [-0.3, -0.25) is 14.5 Å². The predicted molar refractivity (Wildman–Crippen MR) is 118 cm³/mol. The van der Waals surface area contributed by atoms with Gasteiger partial charge in [0.15, 0.2) is 0 Å². The highest BCUT2D eigenvalue weighted by atomic mass is 32.1. The lowest BCUT2D eigenvalue weighted by Crippen LogP contribution is -2.37. The van der Waals surface area contributed by atoms with Crippen molar-refractivity contribution in [2.45, 2.75) is 32.9 Å². The highest BCUT2D eigenvalue weighted by Crippen LogP contribution is 2.28. The van der Waals surface area contributed by atoms with Crippen molar-refractivity contribution in [1.82, 2.24) is 9.88 Å². The molecule has 1 aliphatic heterocycles. The van der Waals surface area contributed by atoms with E-state index in [1.54, 1.807) is 37.4 Å². The number of benzene rings is 2. The fraction of sp³-hybridized carbons (Fsp3) is 0.208. The van der Waals surface area contributed by atoms with E-state index in [9.17, 15) is 9.59 Å². The summed E-state index contributed by atoms with van der Waals surface area (Å²) in [5.41, 5.74) is 0.832. The molecule has 7 heteroatoms. The van der Waals surface area contributed by atoms with Gasteiger partial charge in [0.1, 0.15) is 16.4 Å². The Balaban J connectivity index is 1.42. The topological polar surface area (TPSA) is 68.7 Å². The molecule has 0 aliphatic carbocycles. The van der Waals surface area contributed by atoms with Gasteiger partial charge in [-0.1, -0.05) is 35.3 Å². The maximum absolute atomic E-state index is 12.5. The Morgan fingerprint density at radius 2 is 1.55 bits per heavy atom. The van der Waals surface area contributed by atoms with Gasteiger partial charge in [0.05, 0.1) is 29.5 Å². The van der Waals surface area contributed by atoms with Crippen LogP contribution in [0.2, 0.25) is 0 Å². The second-order valence-electron chi connectivity index (χ2n) is 7.20. The van der Waals surface area contributed by atoms with Gasteiger partial charge >= 0.3 is 0 Å². The van der Waals surface area contributed by atoms with Gasteiger partial charge < -0.3 is 9.47 Å². The third-order valence-corrected chi connectivity index (χ3v) is 5.29. The molecule has 31 heavy (non-hydrogen) atoms. The van der Waals surface area contributed by atoms with Crippen molar-refractivity contribution in [3.8, 4) is 28.5 Å². The molecule has 1 aromatic heterocycles. The van der Waals surface area contributed by atoms with Crippen molar-refractivity contribution >= 4 is 23.2 Å². The summed E-state index contributed by atoms with van der Waals surface area (Å²) in [7, 11) is 0. The molecule has 1 atom stereocenters. The van der Waals surface area contributed by atoms with Crippen LogP contribution in [-0.4, -0.2) is 33.8 Å². The largest absolute Gasteiger partial charge is 0.491 e. The number of nitrogens with zero attached hydrogens (tertiary/aromatic N) is 2. The SMILES string of the molecule is CC(C)Oc1ccc(Oc2ncc(C#CC(C)N3C(=O)c4ccccc4C3=O)s2)cc1. The molecule has 156 valence electrons. The maximum Gasteiger partial charge on any atom is 0.279 e. The van der Waals surface area contributed by atoms with E-state index in [2.05, 4.69) is 16.8 Å². The van der Waals surface area contributed by atoms with Crippen LogP contribution in [0, 0.1) is 11.8 Å². The summed E-state index contributed by atoms with van der Waals surface area (Å²) >= 11 is 1.29. The zero-order valence-corrected chi connectivity index (χ0v) is 18.1. The third kappa shape index (κ3) is 4.44. The van der Waals surface area contributed by atoms with Crippen LogP contribution in [0.4, 0.5) is 0 Å². The summed E-state index contributed by atoms with van der Waals surface area (Å²) in [5.74, 6) is 6.74. The zero-order valence-electron chi connectivity index (χ0n) is 17.3. The number of fused-ring (bicyclic) bond motifs is 1. The molecule has 4 rings (SSSR count). The van der Waals surface area contributed by atoms with Crippen LogP contribution in [-0.2, 0) is 0 Å². The van der Waals surface area contributed by atoms with Crippen molar-refractivity contribution < 1.29 is 19.1 Å². The number of hydrogen-bond acceptors (Lipinski definition) is 6. The average Bonchev–Trinajstić information content (AvgIpc) is 3.30. The van der Waals surface area contributed by atoms with Crippen LogP contribution in [0.15, 0.2) is 54.7 Å². The van der Waals surface area contributed by atoms with E-state index in [-0.39, 0.29) is 17.9 Å². The molecule has 0 spiro atoms. The normalized spacial score (nSPS) is 13.6. The number of rotatable bonds is 5. The smallest absolute Gasteiger partial charge is 0.279 e. The lowest BCUT2D eigenvalue weighted by Gasteiger charge is -2.17. The number of amides is 2. The highest BCUT2D eigenvalue weighted by Gasteiger charge is 2.37. The van der Waals surface area contributed by atoms with Crippen LogP contribution in [0.25, 0.3) is 0 Å². The molecule has 0 N–H and O–H groups in total. The van der Waals surface area contributed by atoms with Crippen LogP contribution in [0.5, 0.6) is 16.7 Å². The molecule has 0 saturated carbocycles. The van der Waals surface area contributed by atoms with Gasteiger partial charge in [-0.15, -0.1) is 0 Å². The number of carbonyl (C=O) groups is 2. The van der Waals surface area contributed by atoms with Crippen LogP contribution >= 0.6 is 11.3 Å². The van der Waals surface area contributed by atoms with Gasteiger partial charge in [0, 0.05) is 0 Å².